The molecule has 0 bridgehead atoms. The largest absolute Gasteiger partial charge is 0.347 e. The van der Waals surface area contributed by atoms with Gasteiger partial charge < -0.3 is 10.6 Å². The molecule has 0 aliphatic carbocycles. The molecule has 4 heteroatoms. The predicted octanol–water partition coefficient (Wildman–Crippen LogP) is 1.92. The highest BCUT2D eigenvalue weighted by molar-refractivity contribution is 7.10. The van der Waals surface area contributed by atoms with Crippen molar-refractivity contribution in [3.63, 3.8) is 0 Å². The molecule has 0 saturated heterocycles. The van der Waals surface area contributed by atoms with E-state index >= 15 is 0 Å². The van der Waals surface area contributed by atoms with Crippen LogP contribution in [0.15, 0.2) is 17.5 Å². The number of nitrogens with one attached hydrogen (secondary N) is 2. The van der Waals surface area contributed by atoms with Crippen LogP contribution in [0.25, 0.3) is 0 Å². The van der Waals surface area contributed by atoms with Crippen molar-refractivity contribution < 1.29 is 4.79 Å². The summed E-state index contributed by atoms with van der Waals surface area (Å²) in [6.07, 6.45) is 2.07. The summed E-state index contributed by atoms with van der Waals surface area (Å²) in [5.74, 6) is 0.0596. The maximum absolute atomic E-state index is 11.5. The minimum atomic E-state index is 0.0596. The first kappa shape index (κ1) is 12.2. The van der Waals surface area contributed by atoms with Gasteiger partial charge in [-0.1, -0.05) is 19.4 Å². The smallest absolute Gasteiger partial charge is 0.234 e. The van der Waals surface area contributed by atoms with Gasteiger partial charge in [-0.05, 0) is 24.9 Å². The van der Waals surface area contributed by atoms with E-state index < -0.39 is 0 Å². The molecule has 1 unspecified atom stereocenters. The number of hydrogen-bond donors (Lipinski definition) is 2. The first-order valence-corrected chi connectivity index (χ1v) is 6.13. The monoisotopic (exact) mass is 226 g/mol. The molecule has 0 saturated carbocycles. The predicted molar refractivity (Wildman–Crippen MR) is 64.0 cm³/mol. The summed E-state index contributed by atoms with van der Waals surface area (Å²) in [4.78, 5) is 12.7. The zero-order chi connectivity index (χ0) is 11.1. The van der Waals surface area contributed by atoms with Gasteiger partial charge in [0.1, 0.15) is 0 Å². The maximum Gasteiger partial charge on any atom is 0.234 e. The first-order chi connectivity index (χ1) is 7.27. The van der Waals surface area contributed by atoms with Gasteiger partial charge in [-0.3, -0.25) is 4.79 Å². The zero-order valence-corrected chi connectivity index (χ0v) is 10.1. The second-order valence-corrected chi connectivity index (χ2v) is 4.43. The van der Waals surface area contributed by atoms with E-state index in [2.05, 4.69) is 23.6 Å². The van der Waals surface area contributed by atoms with Crippen LogP contribution >= 0.6 is 11.3 Å². The van der Waals surface area contributed by atoms with E-state index in [-0.39, 0.29) is 11.9 Å². The molecule has 0 aliphatic heterocycles. The Bertz CT molecular complexity index is 285. The van der Waals surface area contributed by atoms with Gasteiger partial charge in [0.25, 0.3) is 0 Å². The third kappa shape index (κ3) is 4.01. The molecular weight excluding hydrogens is 208 g/mol. The number of hydrogen-bond acceptors (Lipinski definition) is 3. The standard InChI is InChI=1S/C11H18N2OS/c1-3-5-9(10-6-4-7-15-10)13-11(14)8-12-2/h4,6-7,9,12H,3,5,8H2,1-2H3,(H,13,14). The highest BCUT2D eigenvalue weighted by atomic mass is 32.1. The summed E-state index contributed by atoms with van der Waals surface area (Å²) in [6, 6.07) is 4.27. The molecule has 0 aromatic carbocycles. The van der Waals surface area contributed by atoms with Crippen molar-refractivity contribution in [2.24, 2.45) is 0 Å². The molecule has 3 nitrogen and oxygen atoms in total. The molecule has 2 N–H and O–H groups in total. The van der Waals surface area contributed by atoms with Crippen LogP contribution in [0.5, 0.6) is 0 Å². The van der Waals surface area contributed by atoms with E-state index in [9.17, 15) is 4.79 Å². The minimum Gasteiger partial charge on any atom is -0.347 e. The van der Waals surface area contributed by atoms with Crippen molar-refractivity contribution in [2.45, 2.75) is 25.8 Å². The van der Waals surface area contributed by atoms with Crippen molar-refractivity contribution in [3.8, 4) is 0 Å². The van der Waals surface area contributed by atoms with Gasteiger partial charge in [-0.25, -0.2) is 0 Å². The lowest BCUT2D eigenvalue weighted by Crippen LogP contribution is -2.34. The van der Waals surface area contributed by atoms with Gasteiger partial charge in [0.2, 0.25) is 5.91 Å². The Balaban J connectivity index is 2.55. The average molecular weight is 226 g/mol. The third-order valence-corrected chi connectivity index (χ3v) is 3.12. The Kier molecular flexibility index (Phi) is 5.36. The summed E-state index contributed by atoms with van der Waals surface area (Å²) in [5, 5.41) is 7.93. The van der Waals surface area contributed by atoms with E-state index in [0.717, 1.165) is 12.8 Å². The fourth-order valence-corrected chi connectivity index (χ4v) is 2.28. The van der Waals surface area contributed by atoms with Crippen LogP contribution in [0.1, 0.15) is 30.7 Å². The summed E-state index contributed by atoms with van der Waals surface area (Å²) in [7, 11) is 1.78. The van der Waals surface area contributed by atoms with Gasteiger partial charge in [0.05, 0.1) is 12.6 Å². The van der Waals surface area contributed by atoms with Crippen molar-refractivity contribution in [3.05, 3.63) is 22.4 Å². The summed E-state index contributed by atoms with van der Waals surface area (Å²) < 4.78 is 0. The quantitative estimate of drug-likeness (QED) is 0.778. The molecule has 0 aliphatic rings. The highest BCUT2D eigenvalue weighted by Crippen LogP contribution is 2.22. The van der Waals surface area contributed by atoms with Crippen LogP contribution in [-0.2, 0) is 4.79 Å². The first-order valence-electron chi connectivity index (χ1n) is 5.25. The molecule has 0 radical (unpaired) electrons. The average Bonchev–Trinajstić information content (AvgIpc) is 2.70. The lowest BCUT2D eigenvalue weighted by molar-refractivity contribution is -0.120. The number of thiophene rings is 1. The minimum absolute atomic E-state index is 0.0596. The third-order valence-electron chi connectivity index (χ3n) is 2.14. The van der Waals surface area contributed by atoms with Crippen molar-refractivity contribution in [2.75, 3.05) is 13.6 Å². The van der Waals surface area contributed by atoms with E-state index in [1.54, 1.807) is 18.4 Å². The van der Waals surface area contributed by atoms with Crippen LogP contribution in [0, 0.1) is 0 Å². The van der Waals surface area contributed by atoms with E-state index in [1.807, 2.05) is 11.4 Å². The van der Waals surface area contributed by atoms with Crippen LogP contribution in [0.3, 0.4) is 0 Å². The van der Waals surface area contributed by atoms with Crippen molar-refractivity contribution >= 4 is 17.2 Å². The van der Waals surface area contributed by atoms with Gasteiger partial charge in [-0.2, -0.15) is 0 Å². The molecule has 84 valence electrons. The fraction of sp³-hybridized carbons (Fsp3) is 0.545. The number of amides is 1. The molecular formula is C11H18N2OS. The van der Waals surface area contributed by atoms with Crippen LogP contribution in [0.4, 0.5) is 0 Å². The van der Waals surface area contributed by atoms with Gasteiger partial charge in [0.15, 0.2) is 0 Å². The van der Waals surface area contributed by atoms with E-state index in [4.69, 9.17) is 0 Å². The molecule has 1 aromatic rings. The maximum atomic E-state index is 11.5. The SMILES string of the molecule is CCCC(NC(=O)CNC)c1cccs1. The zero-order valence-electron chi connectivity index (χ0n) is 9.25. The Morgan fingerprint density at radius 2 is 2.40 bits per heavy atom. The molecule has 1 atom stereocenters. The van der Waals surface area contributed by atoms with Gasteiger partial charge in [-0.15, -0.1) is 11.3 Å². The van der Waals surface area contributed by atoms with Gasteiger partial charge in [0, 0.05) is 4.88 Å². The number of carbonyl (C=O) groups is 1. The number of rotatable bonds is 6. The second-order valence-electron chi connectivity index (χ2n) is 3.45. The Hall–Kier alpha value is -0.870. The van der Waals surface area contributed by atoms with Crippen molar-refractivity contribution in [1.82, 2.24) is 10.6 Å². The summed E-state index contributed by atoms with van der Waals surface area (Å²) in [6.45, 7) is 2.51. The van der Waals surface area contributed by atoms with Gasteiger partial charge >= 0.3 is 0 Å². The number of carbonyl (C=O) groups excluding carboxylic acids is 1. The molecule has 1 amide bonds. The molecule has 1 heterocycles. The normalized spacial score (nSPS) is 12.4. The molecule has 15 heavy (non-hydrogen) atoms. The molecule has 0 fully saturated rings. The lowest BCUT2D eigenvalue weighted by atomic mass is 10.1. The van der Waals surface area contributed by atoms with E-state index in [1.165, 1.54) is 4.88 Å². The fourth-order valence-electron chi connectivity index (χ4n) is 1.47. The van der Waals surface area contributed by atoms with E-state index in [0.29, 0.717) is 6.54 Å². The topological polar surface area (TPSA) is 41.1 Å². The molecule has 0 spiro atoms. The number of likely N-dealkylation sites (N-methyl/N-ethyl adjacent to an activating group) is 1. The lowest BCUT2D eigenvalue weighted by Gasteiger charge is -2.16. The Labute approximate surface area is 94.9 Å². The van der Waals surface area contributed by atoms with Crippen molar-refractivity contribution in [1.29, 1.82) is 0 Å². The summed E-state index contributed by atoms with van der Waals surface area (Å²) in [5.41, 5.74) is 0. The summed E-state index contributed by atoms with van der Waals surface area (Å²) >= 11 is 1.70. The highest BCUT2D eigenvalue weighted by Gasteiger charge is 2.13. The van der Waals surface area contributed by atoms with Crippen LogP contribution in [-0.4, -0.2) is 19.5 Å². The molecule has 1 rings (SSSR count). The Morgan fingerprint density at radius 1 is 1.60 bits per heavy atom. The molecule has 1 aromatic heterocycles. The second kappa shape index (κ2) is 6.58. The van der Waals surface area contributed by atoms with Crippen LogP contribution in [0.2, 0.25) is 0 Å². The van der Waals surface area contributed by atoms with Crippen LogP contribution < -0.4 is 10.6 Å². The Morgan fingerprint density at radius 3 is 2.93 bits per heavy atom.